The summed E-state index contributed by atoms with van der Waals surface area (Å²) in [5.41, 5.74) is 2.67. The van der Waals surface area contributed by atoms with Crippen LogP contribution in [0.2, 0.25) is 5.02 Å². The average molecular weight is 286 g/mol. The summed E-state index contributed by atoms with van der Waals surface area (Å²) in [5, 5.41) is 13.7. The molecule has 0 bridgehead atoms. The molecule has 6 nitrogen and oxygen atoms in total. The largest absolute Gasteiger partial charge is 0.361 e. The Hall–Kier alpha value is -2.47. The van der Waals surface area contributed by atoms with Crippen molar-refractivity contribution < 1.29 is 4.52 Å². The van der Waals surface area contributed by atoms with Crippen LogP contribution >= 0.6 is 11.6 Å². The lowest BCUT2D eigenvalue weighted by Gasteiger charge is -2.01. The highest BCUT2D eigenvalue weighted by molar-refractivity contribution is 6.35. The molecule has 3 aromatic heterocycles. The molecule has 0 aliphatic rings. The second-order valence-corrected chi connectivity index (χ2v) is 4.83. The third-order valence-electron chi connectivity index (χ3n) is 3.09. The molecule has 98 valence electrons. The SMILES string of the molecule is Cc1cc(-c2nnn3c2ncc2c(Cl)cccc23)no1. The number of rotatable bonds is 1. The first-order valence-electron chi connectivity index (χ1n) is 5.96. The van der Waals surface area contributed by atoms with Crippen LogP contribution in [0, 0.1) is 6.92 Å². The second kappa shape index (κ2) is 4.01. The van der Waals surface area contributed by atoms with Gasteiger partial charge in [-0.15, -0.1) is 5.10 Å². The normalized spacial score (nSPS) is 11.5. The number of benzene rings is 1. The predicted molar refractivity (Wildman–Crippen MR) is 73.5 cm³/mol. The quantitative estimate of drug-likeness (QED) is 0.538. The minimum atomic E-state index is 0.587. The Morgan fingerprint density at radius 1 is 1.30 bits per heavy atom. The van der Waals surface area contributed by atoms with Gasteiger partial charge in [0.05, 0.1) is 10.5 Å². The van der Waals surface area contributed by atoms with Crippen LogP contribution in [0.4, 0.5) is 0 Å². The molecule has 0 N–H and O–H groups in total. The van der Waals surface area contributed by atoms with E-state index in [0.717, 1.165) is 10.9 Å². The molecule has 0 amide bonds. The van der Waals surface area contributed by atoms with Crippen LogP contribution in [0.1, 0.15) is 5.76 Å². The lowest BCUT2D eigenvalue weighted by Crippen LogP contribution is -1.93. The summed E-state index contributed by atoms with van der Waals surface area (Å²) >= 11 is 6.16. The topological polar surface area (TPSA) is 69.1 Å². The molecular formula is C13H8ClN5O. The molecule has 4 aromatic rings. The molecule has 3 heterocycles. The first-order chi connectivity index (χ1) is 9.74. The van der Waals surface area contributed by atoms with Crippen molar-refractivity contribution in [1.82, 2.24) is 25.0 Å². The molecule has 0 aliphatic carbocycles. The van der Waals surface area contributed by atoms with Crippen molar-refractivity contribution in [3.8, 4) is 11.4 Å². The van der Waals surface area contributed by atoms with Gasteiger partial charge in [0.25, 0.3) is 0 Å². The Morgan fingerprint density at radius 2 is 2.20 bits per heavy atom. The molecule has 0 saturated heterocycles. The van der Waals surface area contributed by atoms with Gasteiger partial charge in [0.1, 0.15) is 11.5 Å². The maximum absolute atomic E-state index is 6.16. The first kappa shape index (κ1) is 11.4. The number of aryl methyl sites for hydroxylation is 1. The van der Waals surface area contributed by atoms with E-state index in [4.69, 9.17) is 16.1 Å². The number of hydrogen-bond acceptors (Lipinski definition) is 5. The standard InChI is InChI=1S/C13H8ClN5O/c1-7-5-10(17-20-7)12-13-15-6-8-9(14)3-2-4-11(8)19(13)18-16-12/h2-6H,1H3. The third-order valence-corrected chi connectivity index (χ3v) is 3.42. The van der Waals surface area contributed by atoms with Crippen molar-refractivity contribution in [2.75, 3.05) is 0 Å². The Kier molecular flexibility index (Phi) is 2.28. The summed E-state index contributed by atoms with van der Waals surface area (Å²) in [5.74, 6) is 0.713. The number of hydrogen-bond donors (Lipinski definition) is 0. The highest BCUT2D eigenvalue weighted by atomic mass is 35.5. The first-order valence-corrected chi connectivity index (χ1v) is 6.34. The van der Waals surface area contributed by atoms with Crippen LogP contribution in [-0.4, -0.2) is 25.0 Å². The molecule has 0 unspecified atom stereocenters. The summed E-state index contributed by atoms with van der Waals surface area (Å²) in [4.78, 5) is 4.39. The molecular weight excluding hydrogens is 278 g/mol. The van der Waals surface area contributed by atoms with Gasteiger partial charge >= 0.3 is 0 Å². The Balaban J connectivity index is 2.07. The van der Waals surface area contributed by atoms with Crippen LogP contribution in [0.3, 0.4) is 0 Å². The van der Waals surface area contributed by atoms with Crippen molar-refractivity contribution in [3.05, 3.63) is 41.2 Å². The molecule has 0 fully saturated rings. The molecule has 0 atom stereocenters. The Labute approximate surface area is 118 Å². The van der Waals surface area contributed by atoms with Crippen LogP contribution in [0.15, 0.2) is 35.0 Å². The Bertz CT molecular complexity index is 942. The molecule has 4 rings (SSSR count). The van der Waals surface area contributed by atoms with Gasteiger partial charge in [-0.25, -0.2) is 4.98 Å². The minimum Gasteiger partial charge on any atom is -0.361 e. The maximum Gasteiger partial charge on any atom is 0.186 e. The third kappa shape index (κ3) is 1.51. The monoisotopic (exact) mass is 285 g/mol. The number of aromatic nitrogens is 5. The molecule has 0 radical (unpaired) electrons. The summed E-state index contributed by atoms with van der Waals surface area (Å²) in [6, 6.07) is 7.40. The minimum absolute atomic E-state index is 0.587. The summed E-state index contributed by atoms with van der Waals surface area (Å²) in [6.07, 6.45) is 1.72. The summed E-state index contributed by atoms with van der Waals surface area (Å²) in [7, 11) is 0. The molecule has 0 aliphatic heterocycles. The molecule has 0 spiro atoms. The van der Waals surface area contributed by atoms with Crippen molar-refractivity contribution in [3.63, 3.8) is 0 Å². The van der Waals surface area contributed by atoms with Gasteiger partial charge in [-0.05, 0) is 19.1 Å². The highest BCUT2D eigenvalue weighted by Gasteiger charge is 2.15. The van der Waals surface area contributed by atoms with Gasteiger partial charge < -0.3 is 4.52 Å². The van der Waals surface area contributed by atoms with Crippen LogP contribution < -0.4 is 0 Å². The number of nitrogens with zero attached hydrogens (tertiary/aromatic N) is 5. The molecule has 0 saturated carbocycles. The zero-order valence-electron chi connectivity index (χ0n) is 10.4. The van der Waals surface area contributed by atoms with E-state index in [-0.39, 0.29) is 0 Å². The summed E-state index contributed by atoms with van der Waals surface area (Å²) in [6.45, 7) is 1.82. The smallest absolute Gasteiger partial charge is 0.186 e. The Morgan fingerprint density at radius 3 is 3.00 bits per heavy atom. The fourth-order valence-corrected chi connectivity index (χ4v) is 2.38. The number of fused-ring (bicyclic) bond motifs is 3. The fourth-order valence-electron chi connectivity index (χ4n) is 2.16. The van der Waals surface area contributed by atoms with Crippen molar-refractivity contribution in [2.24, 2.45) is 0 Å². The van der Waals surface area contributed by atoms with Gasteiger partial charge in [0.2, 0.25) is 0 Å². The van der Waals surface area contributed by atoms with Crippen LogP contribution in [0.5, 0.6) is 0 Å². The van der Waals surface area contributed by atoms with E-state index in [1.54, 1.807) is 16.8 Å². The van der Waals surface area contributed by atoms with Crippen molar-refractivity contribution in [2.45, 2.75) is 6.92 Å². The van der Waals surface area contributed by atoms with Gasteiger partial charge in [-0.1, -0.05) is 28.0 Å². The molecule has 20 heavy (non-hydrogen) atoms. The lowest BCUT2D eigenvalue weighted by molar-refractivity contribution is 0.399. The van der Waals surface area contributed by atoms with Crippen LogP contribution in [0.25, 0.3) is 27.9 Å². The van der Waals surface area contributed by atoms with E-state index in [1.807, 2.05) is 25.1 Å². The van der Waals surface area contributed by atoms with Gasteiger partial charge in [-0.2, -0.15) is 4.52 Å². The maximum atomic E-state index is 6.16. The predicted octanol–water partition coefficient (Wildman–Crippen LogP) is 2.89. The van der Waals surface area contributed by atoms with Crippen molar-refractivity contribution >= 4 is 28.2 Å². The van der Waals surface area contributed by atoms with Crippen molar-refractivity contribution in [1.29, 1.82) is 0 Å². The second-order valence-electron chi connectivity index (χ2n) is 4.43. The van der Waals surface area contributed by atoms with Gasteiger partial charge in [0, 0.05) is 17.6 Å². The van der Waals surface area contributed by atoms with E-state index < -0.39 is 0 Å². The van der Waals surface area contributed by atoms with Crippen LogP contribution in [-0.2, 0) is 0 Å². The fraction of sp³-hybridized carbons (Fsp3) is 0.0769. The summed E-state index contributed by atoms with van der Waals surface area (Å²) < 4.78 is 6.72. The zero-order chi connectivity index (χ0) is 13.7. The lowest BCUT2D eigenvalue weighted by atomic mass is 10.2. The van der Waals surface area contributed by atoms with E-state index in [1.165, 1.54) is 0 Å². The zero-order valence-corrected chi connectivity index (χ0v) is 11.2. The number of halogens is 1. The van der Waals surface area contributed by atoms with E-state index in [2.05, 4.69) is 20.5 Å². The van der Waals surface area contributed by atoms with E-state index in [0.29, 0.717) is 27.8 Å². The average Bonchev–Trinajstić information content (AvgIpc) is 3.04. The van der Waals surface area contributed by atoms with Gasteiger partial charge in [-0.3, -0.25) is 0 Å². The van der Waals surface area contributed by atoms with Gasteiger partial charge in [0.15, 0.2) is 11.3 Å². The highest BCUT2D eigenvalue weighted by Crippen LogP contribution is 2.26. The van der Waals surface area contributed by atoms with E-state index >= 15 is 0 Å². The molecule has 1 aromatic carbocycles. The van der Waals surface area contributed by atoms with E-state index in [9.17, 15) is 0 Å². The molecule has 7 heteroatoms.